The fourth-order valence-electron chi connectivity index (χ4n) is 1.51. The van der Waals surface area contributed by atoms with Crippen molar-refractivity contribution in [2.24, 2.45) is 0 Å². The van der Waals surface area contributed by atoms with Gasteiger partial charge in [0, 0.05) is 13.0 Å². The van der Waals surface area contributed by atoms with E-state index in [1.807, 2.05) is 0 Å². The van der Waals surface area contributed by atoms with Crippen LogP contribution in [0.2, 0.25) is 18.6 Å². The van der Waals surface area contributed by atoms with Crippen molar-refractivity contribution in [1.29, 1.82) is 5.26 Å². The lowest BCUT2D eigenvalue weighted by Crippen LogP contribution is -2.37. The molecule has 11 heavy (non-hydrogen) atoms. The molecule has 1 saturated heterocycles. The molecule has 1 heterocycles. The average molecular weight is 169 g/mol. The highest BCUT2D eigenvalue weighted by Gasteiger charge is 2.30. The van der Waals surface area contributed by atoms with Crippen molar-refractivity contribution in [3.63, 3.8) is 0 Å². The van der Waals surface area contributed by atoms with Gasteiger partial charge in [0.1, 0.15) is 0 Å². The summed E-state index contributed by atoms with van der Waals surface area (Å²) >= 11 is 0. The fourth-order valence-corrected chi connectivity index (χ4v) is 4.32. The molecule has 0 aromatic carbocycles. The van der Waals surface area contributed by atoms with Gasteiger partial charge in [-0.05, 0) is 25.1 Å². The number of hydrogen-bond donors (Lipinski definition) is 0. The molecule has 1 aliphatic rings. The molecule has 0 N–H and O–H groups in total. The first-order valence-electron chi connectivity index (χ1n) is 4.28. The van der Waals surface area contributed by atoms with Crippen molar-refractivity contribution in [3.8, 4) is 6.07 Å². The monoisotopic (exact) mass is 169 g/mol. The summed E-state index contributed by atoms with van der Waals surface area (Å²) < 4.78 is 5.76. The largest absolute Gasteiger partial charge is 0.417 e. The van der Waals surface area contributed by atoms with Crippen molar-refractivity contribution >= 4 is 8.32 Å². The Hall–Kier alpha value is -0.333. The number of nitriles is 1. The summed E-state index contributed by atoms with van der Waals surface area (Å²) in [5, 5.41) is 8.43. The fraction of sp³-hybridized carbons (Fsp3) is 0.875. The molecule has 1 aliphatic heterocycles. The van der Waals surface area contributed by atoms with E-state index < -0.39 is 8.32 Å². The number of hydrogen-bond acceptors (Lipinski definition) is 2. The Bertz CT molecular complexity index is 158. The molecule has 1 unspecified atom stereocenters. The Labute approximate surface area is 69.3 Å². The van der Waals surface area contributed by atoms with Crippen LogP contribution in [0.15, 0.2) is 0 Å². The standard InChI is InChI=1S/C8H15NOSi/c1-11(8-4-5-9)7-3-2-6-10-11/h2-4,6-8H2,1H3. The van der Waals surface area contributed by atoms with E-state index in [0.29, 0.717) is 6.42 Å². The van der Waals surface area contributed by atoms with Gasteiger partial charge in [0.2, 0.25) is 0 Å². The van der Waals surface area contributed by atoms with Crippen LogP contribution in [0.25, 0.3) is 0 Å². The van der Waals surface area contributed by atoms with Crippen LogP contribution in [0, 0.1) is 11.3 Å². The quantitative estimate of drug-likeness (QED) is 0.594. The third-order valence-corrected chi connectivity index (χ3v) is 5.94. The summed E-state index contributed by atoms with van der Waals surface area (Å²) in [5.74, 6) is 0. The summed E-state index contributed by atoms with van der Waals surface area (Å²) in [5.41, 5.74) is 0. The summed E-state index contributed by atoms with van der Waals surface area (Å²) in [4.78, 5) is 0. The van der Waals surface area contributed by atoms with Crippen LogP contribution in [-0.2, 0) is 4.43 Å². The van der Waals surface area contributed by atoms with Crippen molar-refractivity contribution in [2.75, 3.05) is 6.61 Å². The van der Waals surface area contributed by atoms with E-state index in [1.165, 1.54) is 18.9 Å². The minimum Gasteiger partial charge on any atom is -0.417 e. The molecule has 0 aliphatic carbocycles. The summed E-state index contributed by atoms with van der Waals surface area (Å²) in [6.07, 6.45) is 3.21. The predicted octanol–water partition coefficient (Wildman–Crippen LogP) is 2.29. The molecule has 0 saturated carbocycles. The topological polar surface area (TPSA) is 33.0 Å². The Balaban J connectivity index is 2.32. The lowest BCUT2D eigenvalue weighted by Gasteiger charge is -2.30. The molecule has 1 fully saturated rings. The lowest BCUT2D eigenvalue weighted by atomic mass is 10.4. The first-order chi connectivity index (χ1) is 5.27. The first-order valence-corrected chi connectivity index (χ1v) is 7.10. The highest BCUT2D eigenvalue weighted by atomic mass is 28.4. The minimum absolute atomic E-state index is 0.683. The molecule has 0 aromatic heterocycles. The lowest BCUT2D eigenvalue weighted by molar-refractivity contribution is 0.270. The zero-order valence-electron chi connectivity index (χ0n) is 7.10. The van der Waals surface area contributed by atoms with Gasteiger partial charge in [-0.15, -0.1) is 0 Å². The van der Waals surface area contributed by atoms with Crippen molar-refractivity contribution in [3.05, 3.63) is 0 Å². The molecule has 2 nitrogen and oxygen atoms in total. The van der Waals surface area contributed by atoms with Gasteiger partial charge < -0.3 is 4.43 Å². The average Bonchev–Trinajstić information content (AvgIpc) is 2.03. The summed E-state index contributed by atoms with van der Waals surface area (Å²) in [7, 11) is -1.38. The van der Waals surface area contributed by atoms with Gasteiger partial charge in [-0.2, -0.15) is 5.26 Å². The minimum atomic E-state index is -1.38. The molecule has 0 bridgehead atoms. The molecule has 62 valence electrons. The van der Waals surface area contributed by atoms with Crippen molar-refractivity contribution in [1.82, 2.24) is 0 Å². The normalized spacial score (nSPS) is 31.3. The molecular formula is C8H15NOSi. The van der Waals surface area contributed by atoms with E-state index in [-0.39, 0.29) is 0 Å². The third kappa shape index (κ3) is 2.64. The summed E-state index contributed by atoms with van der Waals surface area (Å²) in [6.45, 7) is 3.19. The molecule has 0 amide bonds. The molecule has 0 radical (unpaired) electrons. The Morgan fingerprint density at radius 1 is 1.55 bits per heavy atom. The van der Waals surface area contributed by atoms with Gasteiger partial charge in [-0.3, -0.25) is 0 Å². The Kier molecular flexibility index (Phi) is 3.10. The van der Waals surface area contributed by atoms with Gasteiger partial charge in [-0.1, -0.05) is 6.42 Å². The second kappa shape index (κ2) is 3.89. The molecule has 0 aromatic rings. The van der Waals surface area contributed by atoms with Crippen LogP contribution in [0.5, 0.6) is 0 Å². The second-order valence-electron chi connectivity index (χ2n) is 3.41. The Morgan fingerprint density at radius 3 is 2.91 bits per heavy atom. The van der Waals surface area contributed by atoms with Gasteiger partial charge in [0.05, 0.1) is 6.07 Å². The highest BCUT2D eigenvalue weighted by molar-refractivity contribution is 6.72. The van der Waals surface area contributed by atoms with E-state index in [1.54, 1.807) is 0 Å². The Morgan fingerprint density at radius 2 is 2.36 bits per heavy atom. The zero-order chi connectivity index (χ0) is 8.16. The second-order valence-corrected chi connectivity index (χ2v) is 7.60. The van der Waals surface area contributed by atoms with E-state index in [2.05, 4.69) is 12.6 Å². The smallest absolute Gasteiger partial charge is 0.190 e. The molecule has 3 heteroatoms. The summed E-state index contributed by atoms with van der Waals surface area (Å²) in [6, 6.07) is 4.48. The maximum absolute atomic E-state index is 8.43. The number of rotatable bonds is 2. The molecule has 1 rings (SSSR count). The van der Waals surface area contributed by atoms with E-state index in [0.717, 1.165) is 12.7 Å². The first kappa shape index (κ1) is 8.76. The number of nitrogens with zero attached hydrogens (tertiary/aromatic N) is 1. The predicted molar refractivity (Wildman–Crippen MR) is 46.6 cm³/mol. The van der Waals surface area contributed by atoms with Gasteiger partial charge in [0.25, 0.3) is 0 Å². The van der Waals surface area contributed by atoms with E-state index >= 15 is 0 Å². The van der Waals surface area contributed by atoms with Crippen LogP contribution in [0.3, 0.4) is 0 Å². The van der Waals surface area contributed by atoms with Crippen LogP contribution in [-0.4, -0.2) is 14.9 Å². The van der Waals surface area contributed by atoms with Crippen molar-refractivity contribution in [2.45, 2.75) is 37.9 Å². The van der Waals surface area contributed by atoms with Gasteiger partial charge >= 0.3 is 0 Å². The van der Waals surface area contributed by atoms with Gasteiger partial charge in [-0.25, -0.2) is 0 Å². The van der Waals surface area contributed by atoms with Crippen LogP contribution in [0.1, 0.15) is 19.3 Å². The SMILES string of the molecule is C[Si]1(CCC#N)CCCCO1. The molecule has 1 atom stereocenters. The van der Waals surface area contributed by atoms with Crippen molar-refractivity contribution < 1.29 is 4.43 Å². The van der Waals surface area contributed by atoms with Crippen LogP contribution < -0.4 is 0 Å². The maximum Gasteiger partial charge on any atom is 0.190 e. The van der Waals surface area contributed by atoms with E-state index in [4.69, 9.17) is 9.69 Å². The molecule has 0 spiro atoms. The zero-order valence-corrected chi connectivity index (χ0v) is 8.10. The third-order valence-electron chi connectivity index (χ3n) is 2.32. The maximum atomic E-state index is 8.43. The highest BCUT2D eigenvalue weighted by Crippen LogP contribution is 2.26. The van der Waals surface area contributed by atoms with Crippen LogP contribution >= 0.6 is 0 Å². The van der Waals surface area contributed by atoms with E-state index in [9.17, 15) is 0 Å². The van der Waals surface area contributed by atoms with Gasteiger partial charge in [0.15, 0.2) is 8.32 Å². The molecular weight excluding hydrogens is 154 g/mol. The van der Waals surface area contributed by atoms with Crippen LogP contribution in [0.4, 0.5) is 0 Å².